The van der Waals surface area contributed by atoms with Crippen molar-refractivity contribution in [2.24, 2.45) is 5.92 Å². The van der Waals surface area contributed by atoms with Crippen LogP contribution in [0.15, 0.2) is 72.4 Å². The molecule has 0 radical (unpaired) electrons. The summed E-state index contributed by atoms with van der Waals surface area (Å²) in [4.78, 5) is 72.6. The number of amides is 4. The van der Waals surface area contributed by atoms with E-state index < -0.39 is 24.3 Å². The number of rotatable bonds is 13. The number of ether oxygens (including phenoxy) is 2. The van der Waals surface area contributed by atoms with Gasteiger partial charge in [-0.25, -0.2) is 19.6 Å². The van der Waals surface area contributed by atoms with E-state index in [0.29, 0.717) is 19.5 Å². The van der Waals surface area contributed by atoms with E-state index in [2.05, 4.69) is 69.1 Å². The Balaban J connectivity index is 1.08. The molecule has 4 atom stereocenters. The molecular formula is C46H56N8O6. The Morgan fingerprint density at radius 2 is 1.38 bits per heavy atom. The van der Waals surface area contributed by atoms with E-state index in [0.717, 1.165) is 99.9 Å². The summed E-state index contributed by atoms with van der Waals surface area (Å²) in [7, 11) is 2.61. The van der Waals surface area contributed by atoms with Gasteiger partial charge in [-0.05, 0) is 96.7 Å². The first kappa shape index (κ1) is 42.0. The highest BCUT2D eigenvalue weighted by Crippen LogP contribution is 2.36. The van der Waals surface area contributed by atoms with E-state index in [9.17, 15) is 19.2 Å². The van der Waals surface area contributed by atoms with Crippen LogP contribution in [0.1, 0.15) is 96.4 Å². The van der Waals surface area contributed by atoms with Crippen molar-refractivity contribution >= 4 is 45.8 Å². The van der Waals surface area contributed by atoms with Gasteiger partial charge in [-0.2, -0.15) is 0 Å². The lowest BCUT2D eigenvalue weighted by atomic mass is 9.93. The van der Waals surface area contributed by atoms with Gasteiger partial charge in [0, 0.05) is 18.7 Å². The standard InChI is InChI=1S/C46H56N8O6/c1-7-27(8-2)39(51-45(57)59-5)43(55)53-21-11-13-37(53)41-47-26-36(50-41)33-18-17-29-23-30(15-16-31(29)24-33)32-19-20-34-35(25-32)49-42(48-34)38-14-12-22-54(38)44(56)40(28(9-3)10-4)52-46(58)60-6/h9,15-20,23-27,37-40H,7-8,10-14,21-22H2,1-6H3,(H,47,50)(H,48,49)(H,51,57)(H,52,58)/b28-9+/t37-,38-,39-,40-/m0/s1. The number of nitrogens with one attached hydrogen (secondary N) is 4. The van der Waals surface area contributed by atoms with Crippen molar-refractivity contribution in [3.8, 4) is 22.4 Å². The van der Waals surface area contributed by atoms with Gasteiger partial charge in [0.2, 0.25) is 11.8 Å². The summed E-state index contributed by atoms with van der Waals surface area (Å²) in [5, 5.41) is 7.71. The predicted octanol–water partition coefficient (Wildman–Crippen LogP) is 8.34. The highest BCUT2D eigenvalue weighted by molar-refractivity contribution is 5.92. The summed E-state index contributed by atoms with van der Waals surface area (Å²) in [5.41, 5.74) is 6.47. The monoisotopic (exact) mass is 816 g/mol. The summed E-state index contributed by atoms with van der Waals surface area (Å²) >= 11 is 0. The number of carbonyl (C=O) groups is 4. The minimum Gasteiger partial charge on any atom is -0.453 e. The molecule has 14 heteroatoms. The van der Waals surface area contributed by atoms with E-state index in [4.69, 9.17) is 19.4 Å². The average molecular weight is 817 g/mol. The Morgan fingerprint density at radius 1 is 0.783 bits per heavy atom. The fraction of sp³-hybridized carbons (Fsp3) is 0.435. The summed E-state index contributed by atoms with van der Waals surface area (Å²) in [6.07, 6.45) is 7.82. The van der Waals surface area contributed by atoms with Crippen molar-refractivity contribution in [2.75, 3.05) is 27.3 Å². The molecule has 4 N–H and O–H groups in total. The van der Waals surface area contributed by atoms with Crippen LogP contribution in [-0.4, -0.2) is 93.1 Å². The largest absolute Gasteiger partial charge is 0.453 e. The number of aromatic amines is 2. The molecule has 2 aromatic heterocycles. The second-order valence-corrected chi connectivity index (χ2v) is 15.7. The van der Waals surface area contributed by atoms with Crippen LogP contribution in [0, 0.1) is 5.92 Å². The van der Waals surface area contributed by atoms with Gasteiger partial charge in [0.05, 0.1) is 49.2 Å². The molecule has 316 valence electrons. The molecule has 0 unspecified atom stereocenters. The number of alkyl carbamates (subject to hydrolysis) is 2. The Kier molecular flexibility index (Phi) is 12.9. The van der Waals surface area contributed by atoms with Crippen LogP contribution in [0.3, 0.4) is 0 Å². The number of H-pyrrole nitrogens is 2. The number of imidazole rings is 2. The first-order valence-corrected chi connectivity index (χ1v) is 21.1. The van der Waals surface area contributed by atoms with Crippen molar-refractivity contribution in [3.63, 3.8) is 0 Å². The van der Waals surface area contributed by atoms with E-state index >= 15 is 0 Å². The maximum atomic E-state index is 13.9. The van der Waals surface area contributed by atoms with E-state index in [1.54, 1.807) is 0 Å². The number of methoxy groups -OCH3 is 2. The molecule has 0 bridgehead atoms. The van der Waals surface area contributed by atoms with Crippen molar-refractivity contribution in [2.45, 2.75) is 96.8 Å². The lowest BCUT2D eigenvalue weighted by Gasteiger charge is -2.31. The smallest absolute Gasteiger partial charge is 0.407 e. The fourth-order valence-corrected chi connectivity index (χ4v) is 8.98. The molecule has 0 aliphatic carbocycles. The van der Waals surface area contributed by atoms with Crippen molar-refractivity contribution < 1.29 is 28.7 Å². The molecule has 14 nitrogen and oxygen atoms in total. The molecule has 2 aliphatic heterocycles. The van der Waals surface area contributed by atoms with Gasteiger partial charge in [0.1, 0.15) is 23.7 Å². The molecule has 2 fully saturated rings. The highest BCUT2D eigenvalue weighted by atomic mass is 16.5. The molecule has 0 spiro atoms. The van der Waals surface area contributed by atoms with E-state index in [1.807, 2.05) is 55.8 Å². The fourth-order valence-electron chi connectivity index (χ4n) is 8.98. The molecule has 60 heavy (non-hydrogen) atoms. The quantitative estimate of drug-likeness (QED) is 0.0858. The van der Waals surface area contributed by atoms with E-state index in [-0.39, 0.29) is 29.8 Å². The minimum absolute atomic E-state index is 0.00746. The van der Waals surface area contributed by atoms with Crippen molar-refractivity contribution in [1.29, 1.82) is 0 Å². The summed E-state index contributed by atoms with van der Waals surface area (Å²) in [6, 6.07) is 17.0. The van der Waals surface area contributed by atoms with E-state index in [1.165, 1.54) is 14.2 Å². The molecule has 2 aliphatic rings. The number of carbonyl (C=O) groups excluding carboxylic acids is 4. The molecule has 0 saturated carbocycles. The van der Waals surface area contributed by atoms with Crippen LogP contribution in [0.25, 0.3) is 44.2 Å². The zero-order valence-electron chi connectivity index (χ0n) is 35.3. The number of nitrogens with zero attached hydrogens (tertiary/aromatic N) is 4. The molecule has 5 aromatic rings. The first-order chi connectivity index (χ1) is 29.1. The third kappa shape index (κ3) is 8.45. The predicted molar refractivity (Wildman–Crippen MR) is 231 cm³/mol. The Morgan fingerprint density at radius 3 is 2.03 bits per heavy atom. The normalized spacial score (nSPS) is 17.9. The topological polar surface area (TPSA) is 175 Å². The number of aromatic nitrogens is 4. The van der Waals surface area contributed by atoms with Gasteiger partial charge in [-0.1, -0.05) is 70.0 Å². The highest BCUT2D eigenvalue weighted by Gasteiger charge is 2.39. The third-order valence-corrected chi connectivity index (χ3v) is 12.4. The van der Waals surface area contributed by atoms with Gasteiger partial charge >= 0.3 is 12.2 Å². The van der Waals surface area contributed by atoms with Gasteiger partial charge in [0.25, 0.3) is 0 Å². The van der Waals surface area contributed by atoms with Gasteiger partial charge < -0.3 is 39.9 Å². The Hall–Kier alpha value is -6.18. The number of hydrogen-bond donors (Lipinski definition) is 4. The zero-order chi connectivity index (χ0) is 42.5. The van der Waals surface area contributed by atoms with Crippen molar-refractivity contribution in [1.82, 2.24) is 40.4 Å². The lowest BCUT2D eigenvalue weighted by Crippen LogP contribution is -2.52. The molecular weight excluding hydrogens is 761 g/mol. The maximum absolute atomic E-state index is 13.9. The number of fused-ring (bicyclic) bond motifs is 2. The van der Waals surface area contributed by atoms with Crippen LogP contribution in [0.2, 0.25) is 0 Å². The average Bonchev–Trinajstić information content (AvgIpc) is 4.12. The minimum atomic E-state index is -0.804. The van der Waals surface area contributed by atoms with Crippen LogP contribution in [-0.2, 0) is 19.1 Å². The number of allylic oxidation sites excluding steroid dienone is 1. The Bertz CT molecular complexity index is 2400. The van der Waals surface area contributed by atoms with Crippen LogP contribution >= 0.6 is 0 Å². The zero-order valence-corrected chi connectivity index (χ0v) is 35.3. The summed E-state index contributed by atoms with van der Waals surface area (Å²) < 4.78 is 9.70. The number of hydrogen-bond acceptors (Lipinski definition) is 8. The SMILES string of the molecule is C/C=C(\CC)[C@H](NC(=O)OC)C(=O)N1CCC[C@H]1c1nc2ccc(-c3ccc4cc(-c5cnc([C@@H]6CCCN6C(=O)[C@@H](NC(=O)OC)C(CC)CC)[nH]5)ccc4c3)cc2[nH]1. The Labute approximate surface area is 350 Å². The number of benzene rings is 3. The van der Waals surface area contributed by atoms with Gasteiger partial charge in [-0.3, -0.25) is 9.59 Å². The second-order valence-electron chi connectivity index (χ2n) is 15.7. The van der Waals surface area contributed by atoms with Gasteiger partial charge in [0.15, 0.2) is 0 Å². The summed E-state index contributed by atoms with van der Waals surface area (Å²) in [5.74, 6) is 1.18. The van der Waals surface area contributed by atoms with Gasteiger partial charge in [-0.15, -0.1) is 0 Å². The van der Waals surface area contributed by atoms with Crippen LogP contribution < -0.4 is 10.6 Å². The van der Waals surface area contributed by atoms with Crippen molar-refractivity contribution in [3.05, 3.63) is 84.1 Å². The molecule has 7 rings (SSSR count). The summed E-state index contributed by atoms with van der Waals surface area (Å²) in [6.45, 7) is 9.07. The third-order valence-electron chi connectivity index (χ3n) is 12.4. The molecule has 4 heterocycles. The molecule has 3 aromatic carbocycles. The molecule has 4 amide bonds. The van der Waals surface area contributed by atoms with Crippen LogP contribution in [0.4, 0.5) is 9.59 Å². The van der Waals surface area contributed by atoms with Crippen LogP contribution in [0.5, 0.6) is 0 Å². The lowest BCUT2D eigenvalue weighted by molar-refractivity contribution is -0.136. The molecule has 2 saturated heterocycles. The maximum Gasteiger partial charge on any atom is 0.407 e. The first-order valence-electron chi connectivity index (χ1n) is 21.1. The number of likely N-dealkylation sites (tertiary alicyclic amines) is 2. The second kappa shape index (κ2) is 18.4.